The van der Waals surface area contributed by atoms with E-state index in [2.05, 4.69) is 0 Å². The van der Waals surface area contributed by atoms with E-state index in [0.29, 0.717) is 0 Å². The second-order valence-corrected chi connectivity index (χ2v) is 0. The average Bonchev–Trinajstić information content (AvgIpc) is 0. The third kappa shape index (κ3) is 18.6. The molecule has 0 aliphatic carbocycles. The van der Waals surface area contributed by atoms with Gasteiger partial charge in [0.1, 0.15) is 0 Å². The molecule has 0 unspecified atom stereocenters. The molecule has 0 aromatic rings. The second kappa shape index (κ2) is 26.0. The van der Waals surface area contributed by atoms with E-state index in [-0.39, 0.29) is 109 Å². The Morgan fingerprint density at radius 3 is 0.400 bits per heavy atom. The third-order valence-corrected chi connectivity index (χ3v) is 0. The van der Waals surface area contributed by atoms with E-state index in [1.165, 1.54) is 0 Å². The average molecular weight is 265 g/mol. The van der Waals surface area contributed by atoms with Crippen LogP contribution in [0.15, 0.2) is 0 Å². The van der Waals surface area contributed by atoms with Crippen LogP contribution < -0.4 is 0 Å². The molecule has 0 saturated carbocycles. The first-order valence-corrected chi connectivity index (χ1v) is 0. The van der Waals surface area contributed by atoms with Gasteiger partial charge in [-0.2, -0.15) is 0 Å². The summed E-state index contributed by atoms with van der Waals surface area (Å²) < 4.78 is 0. The monoisotopic (exact) mass is 266 g/mol. The van der Waals surface area contributed by atoms with Crippen molar-refractivity contribution in [3.63, 3.8) is 0 Å². The summed E-state index contributed by atoms with van der Waals surface area (Å²) >= 11 is 0. The molecule has 20 valence electrons. The first kappa shape index (κ1) is 39.4. The van der Waals surface area contributed by atoms with Gasteiger partial charge in [0.15, 0.2) is 0 Å². The topological polar surface area (TPSA) is 0 Å². The minimum atomic E-state index is 0. The van der Waals surface area contributed by atoms with E-state index in [1.54, 1.807) is 0 Å². The Morgan fingerprint density at radius 2 is 0.400 bits per heavy atom. The molecule has 0 fully saturated rings. The quantitative estimate of drug-likeness (QED) is 0.467. The summed E-state index contributed by atoms with van der Waals surface area (Å²) in [6.07, 6.45) is 0. The van der Waals surface area contributed by atoms with Gasteiger partial charge < -0.3 is 0 Å². The van der Waals surface area contributed by atoms with E-state index < -0.39 is 0 Å². The minimum absolute atomic E-state index is 0. The fraction of sp³-hybridized carbons (Fsp3) is 0. The Hall–Kier alpha value is 3.45. The van der Waals surface area contributed by atoms with Crippen molar-refractivity contribution in [3.8, 4) is 0 Å². The van der Waals surface area contributed by atoms with E-state index >= 15 is 0 Å². The predicted molar refractivity (Wildman–Crippen MR) is 23.0 cm³/mol. The summed E-state index contributed by atoms with van der Waals surface area (Å²) in [5.41, 5.74) is 0. The van der Waals surface area contributed by atoms with Crippen LogP contribution in [0.1, 0.15) is 0 Å². The Balaban J connectivity index is 0. The number of hydrogen-bond acceptors (Lipinski definition) is 0. The van der Waals surface area contributed by atoms with Gasteiger partial charge in [0, 0.05) is 109 Å². The molecule has 0 aromatic heterocycles. The molecular weight excluding hydrogens is 265 g/mol. The molecule has 0 amide bonds. The van der Waals surface area contributed by atoms with Crippen LogP contribution >= 0.6 is 0 Å². The molecule has 0 saturated heterocycles. The molecule has 0 atom stereocenters. The van der Waals surface area contributed by atoms with Crippen LogP contribution in [0.2, 0.25) is 0 Å². The summed E-state index contributed by atoms with van der Waals surface area (Å²) in [5, 5.41) is 0. The summed E-state index contributed by atoms with van der Waals surface area (Å²) in [5.74, 6) is 0. The summed E-state index contributed by atoms with van der Waals surface area (Å²) in [6.45, 7) is 0. The van der Waals surface area contributed by atoms with Crippen molar-refractivity contribution in [1.29, 1.82) is 0 Å². The molecule has 0 spiro atoms. The maximum absolute atomic E-state index is 0. The SMILES string of the molecule is [Al].[Al].[Al].[Al].[Gd]. The van der Waals surface area contributed by atoms with Crippen molar-refractivity contribution in [2.75, 3.05) is 0 Å². The van der Waals surface area contributed by atoms with E-state index in [0.717, 1.165) is 0 Å². The fourth-order valence-corrected chi connectivity index (χ4v) is 0. The van der Waals surface area contributed by atoms with Crippen molar-refractivity contribution < 1.29 is 39.9 Å². The molecule has 0 aliphatic rings. The normalized spacial score (nSPS) is 0. The molecule has 12 radical (unpaired) electrons. The minimum Gasteiger partial charge on any atom is 0 e. The fourth-order valence-electron chi connectivity index (χ4n) is 0. The van der Waals surface area contributed by atoms with Crippen molar-refractivity contribution >= 4 is 69.4 Å². The second-order valence-electron chi connectivity index (χ2n) is 0. The first-order chi connectivity index (χ1) is 0. The van der Waals surface area contributed by atoms with Gasteiger partial charge in [-0.3, -0.25) is 0 Å². The van der Waals surface area contributed by atoms with Gasteiger partial charge in [-0.1, -0.05) is 0 Å². The molecular formula is Al4Gd. The molecule has 0 aliphatic heterocycles. The zero-order valence-electron chi connectivity index (χ0n) is 2.66. The van der Waals surface area contributed by atoms with Gasteiger partial charge in [0.25, 0.3) is 0 Å². The van der Waals surface area contributed by atoms with E-state index in [9.17, 15) is 0 Å². The Labute approximate surface area is 107 Å². The summed E-state index contributed by atoms with van der Waals surface area (Å²) in [6, 6.07) is 0. The molecule has 5 heavy (non-hydrogen) atoms. The molecule has 0 bridgehead atoms. The largest absolute Gasteiger partial charge is 0 e. The summed E-state index contributed by atoms with van der Waals surface area (Å²) in [4.78, 5) is 0. The maximum atomic E-state index is 0. The maximum Gasteiger partial charge on any atom is 0 e. The molecule has 0 N–H and O–H groups in total. The molecule has 0 rings (SSSR count). The van der Waals surface area contributed by atoms with E-state index in [1.807, 2.05) is 0 Å². The summed E-state index contributed by atoms with van der Waals surface area (Å²) in [7, 11) is 0. The van der Waals surface area contributed by atoms with E-state index in [4.69, 9.17) is 0 Å². The zero-order chi connectivity index (χ0) is 0. The first-order valence-electron chi connectivity index (χ1n) is 0. The van der Waals surface area contributed by atoms with Crippen LogP contribution in [0.5, 0.6) is 0 Å². The zero-order valence-corrected chi connectivity index (χ0v) is 9.55. The van der Waals surface area contributed by atoms with Crippen molar-refractivity contribution in [2.24, 2.45) is 0 Å². The molecule has 5 heteroatoms. The van der Waals surface area contributed by atoms with Crippen LogP contribution in [-0.4, -0.2) is 69.4 Å². The van der Waals surface area contributed by atoms with Gasteiger partial charge in [-0.25, -0.2) is 0 Å². The third-order valence-electron chi connectivity index (χ3n) is 0. The van der Waals surface area contributed by atoms with Gasteiger partial charge in [-0.15, -0.1) is 0 Å². The Kier molecular flexibility index (Phi) is 205. The van der Waals surface area contributed by atoms with Crippen LogP contribution in [0.4, 0.5) is 0 Å². The number of hydrogen-bond donors (Lipinski definition) is 0. The molecule has 0 aromatic carbocycles. The van der Waals surface area contributed by atoms with Gasteiger partial charge in [0.2, 0.25) is 0 Å². The van der Waals surface area contributed by atoms with Crippen molar-refractivity contribution in [2.45, 2.75) is 0 Å². The standard InChI is InChI=1S/4Al.Gd. The van der Waals surface area contributed by atoms with Gasteiger partial charge in [0.05, 0.1) is 0 Å². The van der Waals surface area contributed by atoms with Gasteiger partial charge in [-0.05, 0) is 0 Å². The van der Waals surface area contributed by atoms with Crippen molar-refractivity contribution in [3.05, 3.63) is 0 Å². The Morgan fingerprint density at radius 1 is 0.400 bits per heavy atom. The number of rotatable bonds is 0. The molecule has 0 nitrogen and oxygen atoms in total. The van der Waals surface area contributed by atoms with Crippen LogP contribution in [-0.2, 0) is 0 Å². The predicted octanol–water partition coefficient (Wildman–Crippen LogP) is -1.52. The van der Waals surface area contributed by atoms with Crippen LogP contribution in [0, 0.1) is 39.9 Å². The Bertz CT molecular complexity index is 3.61. The molecule has 0 heterocycles. The van der Waals surface area contributed by atoms with Crippen molar-refractivity contribution in [1.82, 2.24) is 0 Å². The van der Waals surface area contributed by atoms with Gasteiger partial charge >= 0.3 is 0 Å². The smallest absolute Gasteiger partial charge is 0 e. The van der Waals surface area contributed by atoms with Crippen LogP contribution in [0.25, 0.3) is 0 Å². The van der Waals surface area contributed by atoms with Crippen LogP contribution in [0.3, 0.4) is 0 Å².